The van der Waals surface area contributed by atoms with Crippen LogP contribution in [0.5, 0.6) is 0 Å². The van der Waals surface area contributed by atoms with Crippen molar-refractivity contribution in [2.45, 2.75) is 392 Å². The zero-order valence-corrected chi connectivity index (χ0v) is 63.1. The molecular weight excluding hydrogens is 1170 g/mol. The lowest BCUT2D eigenvalue weighted by Crippen LogP contribution is -2.47. The molecule has 0 aliphatic heterocycles. The van der Waals surface area contributed by atoms with E-state index in [0.717, 1.165) is 109 Å². The lowest BCUT2D eigenvalue weighted by atomic mass is 10.0. The summed E-state index contributed by atoms with van der Waals surface area (Å²) in [4.78, 5) is 38.1. The van der Waals surface area contributed by atoms with Gasteiger partial charge in [-0.05, 0) is 83.1 Å². The van der Waals surface area contributed by atoms with Gasteiger partial charge in [0, 0.05) is 12.8 Å². The first-order valence-corrected chi connectivity index (χ1v) is 41.4. The standard InChI is InChI=1S/C83H153N2O7P/c1-7-10-13-16-19-22-25-28-30-32-34-36-38-40-42-44-46-48-50-52-54-57-60-63-66-69-72-75-82(86)84-80(79-91-93(88,89)90-78-77-85(4,5)6)81(74-71-68-65-62-59-56-27-24-21-18-15-12-9-3)92-83(87)76-73-70-67-64-61-58-55-53-51-49-47-45-43-41-39-37-35-33-31-29-26-23-20-17-14-11-8-2/h10,13,19,22,28,30,34,36,40,42,46,48,71,74,80-81H,7-9,11-12,14-18,20-21,23-27,29,31-33,35,37-39,41,43-45,47,49-70,72-73,75-79H2,1-6H3,(H-,84,86,88,89)/p+1/b13-10-,22-19-,30-28-,36-34-,42-40-,48-46-,74-71+. The number of carbonyl (C=O) groups excluding carboxylic acids is 2. The van der Waals surface area contributed by atoms with Crippen LogP contribution in [0.25, 0.3) is 0 Å². The van der Waals surface area contributed by atoms with Gasteiger partial charge < -0.3 is 19.4 Å². The van der Waals surface area contributed by atoms with E-state index >= 15 is 0 Å². The average molecular weight is 1320 g/mol. The van der Waals surface area contributed by atoms with Crippen molar-refractivity contribution in [1.82, 2.24) is 5.32 Å². The van der Waals surface area contributed by atoms with Gasteiger partial charge in [-0.15, -0.1) is 0 Å². The molecule has 0 aliphatic carbocycles. The van der Waals surface area contributed by atoms with Crippen LogP contribution in [0, 0.1) is 0 Å². The van der Waals surface area contributed by atoms with Crippen molar-refractivity contribution in [3.8, 4) is 0 Å². The van der Waals surface area contributed by atoms with Crippen LogP contribution in [0.15, 0.2) is 85.1 Å². The second-order valence-electron chi connectivity index (χ2n) is 28.2. The van der Waals surface area contributed by atoms with E-state index in [-0.39, 0.29) is 25.1 Å². The highest BCUT2D eigenvalue weighted by Crippen LogP contribution is 2.43. The third-order valence-electron chi connectivity index (χ3n) is 17.8. The molecule has 2 N–H and O–H groups in total. The average Bonchev–Trinajstić information content (AvgIpc) is 2.31. The van der Waals surface area contributed by atoms with Crippen molar-refractivity contribution in [1.29, 1.82) is 0 Å². The number of hydrogen-bond acceptors (Lipinski definition) is 6. The number of carbonyl (C=O) groups is 2. The van der Waals surface area contributed by atoms with Crippen LogP contribution >= 0.6 is 7.82 Å². The Labute approximate surface area is 577 Å². The molecule has 0 aromatic heterocycles. The minimum atomic E-state index is -4.47. The van der Waals surface area contributed by atoms with Crippen LogP contribution in [-0.4, -0.2) is 74.3 Å². The second kappa shape index (κ2) is 71.9. The van der Waals surface area contributed by atoms with Gasteiger partial charge >= 0.3 is 13.8 Å². The van der Waals surface area contributed by atoms with Gasteiger partial charge in [0.2, 0.25) is 5.91 Å². The third-order valence-corrected chi connectivity index (χ3v) is 18.8. The van der Waals surface area contributed by atoms with E-state index in [1.807, 2.05) is 27.2 Å². The smallest absolute Gasteiger partial charge is 0.456 e. The van der Waals surface area contributed by atoms with E-state index in [9.17, 15) is 19.0 Å². The first-order valence-electron chi connectivity index (χ1n) is 39.9. The number of hydrogen-bond donors (Lipinski definition) is 2. The molecular formula is C83H154N2O7P+. The molecule has 0 saturated carbocycles. The van der Waals surface area contributed by atoms with E-state index in [1.54, 1.807) is 0 Å². The van der Waals surface area contributed by atoms with E-state index in [2.05, 4.69) is 105 Å². The number of likely N-dealkylation sites (N-methyl/N-ethyl adjacent to an activating group) is 1. The lowest BCUT2D eigenvalue weighted by Gasteiger charge is -2.27. The Kier molecular flexibility index (Phi) is 69.8. The van der Waals surface area contributed by atoms with Crippen molar-refractivity contribution >= 4 is 19.7 Å². The Morgan fingerprint density at radius 1 is 0.387 bits per heavy atom. The maximum atomic E-state index is 13.7. The number of quaternary nitrogens is 1. The number of phosphoric acid groups is 1. The summed E-state index contributed by atoms with van der Waals surface area (Å²) in [6.45, 7) is 6.95. The molecule has 542 valence electrons. The molecule has 9 nitrogen and oxygen atoms in total. The van der Waals surface area contributed by atoms with Crippen LogP contribution in [0.4, 0.5) is 0 Å². The number of phosphoric ester groups is 1. The Bertz CT molecular complexity index is 1870. The molecule has 0 bridgehead atoms. The number of unbranched alkanes of at least 4 members (excludes halogenated alkanes) is 45. The first kappa shape index (κ1) is 90.2. The van der Waals surface area contributed by atoms with Crippen LogP contribution in [-0.2, 0) is 27.9 Å². The number of esters is 1. The minimum absolute atomic E-state index is 0.0373. The monoisotopic (exact) mass is 1320 g/mol. The zero-order chi connectivity index (χ0) is 67.8. The number of nitrogens with one attached hydrogen (secondary N) is 1. The molecule has 0 aliphatic rings. The fourth-order valence-electron chi connectivity index (χ4n) is 11.8. The summed E-state index contributed by atoms with van der Waals surface area (Å²) in [7, 11) is 1.50. The fourth-order valence-corrected chi connectivity index (χ4v) is 12.5. The third kappa shape index (κ3) is 73.3. The van der Waals surface area contributed by atoms with E-state index in [4.69, 9.17) is 13.8 Å². The van der Waals surface area contributed by atoms with Crippen molar-refractivity contribution in [3.05, 3.63) is 85.1 Å². The molecule has 0 radical (unpaired) electrons. The van der Waals surface area contributed by atoms with Crippen LogP contribution in [0.2, 0.25) is 0 Å². The summed E-state index contributed by atoms with van der Waals surface area (Å²) in [5.41, 5.74) is 0. The van der Waals surface area contributed by atoms with Crippen LogP contribution < -0.4 is 5.32 Å². The molecule has 0 fully saturated rings. The molecule has 93 heavy (non-hydrogen) atoms. The summed E-state index contributed by atoms with van der Waals surface area (Å²) in [6, 6.07) is -0.857. The molecule has 0 aromatic rings. The maximum absolute atomic E-state index is 13.7. The minimum Gasteiger partial charge on any atom is -0.456 e. The lowest BCUT2D eigenvalue weighted by molar-refractivity contribution is -0.870. The summed E-state index contributed by atoms with van der Waals surface area (Å²) in [5, 5.41) is 3.08. The SMILES string of the molecule is CC/C=C\C/C=C\C/C=C\C/C=C\C/C=C\C/C=C\CCCCCCCCCCC(=O)NC(COP(=O)(O)OCC[N+](C)(C)C)C(/C=C/CCCCCCCCCCCCC)OC(=O)CCCCCCCCCCCCCCCCCCCCCCCCCCCCC. The van der Waals surface area contributed by atoms with Gasteiger partial charge in [-0.25, -0.2) is 4.57 Å². The predicted octanol–water partition coefficient (Wildman–Crippen LogP) is 26.0. The summed E-state index contributed by atoms with van der Waals surface area (Å²) >= 11 is 0. The van der Waals surface area contributed by atoms with E-state index in [1.165, 1.54) is 238 Å². The zero-order valence-electron chi connectivity index (χ0n) is 62.2. The van der Waals surface area contributed by atoms with Gasteiger partial charge in [0.1, 0.15) is 19.3 Å². The van der Waals surface area contributed by atoms with E-state index < -0.39 is 20.0 Å². The quantitative estimate of drug-likeness (QED) is 0.0205. The van der Waals surface area contributed by atoms with Crippen molar-refractivity contribution in [3.63, 3.8) is 0 Å². The summed E-state index contributed by atoms with van der Waals surface area (Å²) in [5.74, 6) is -0.500. The van der Waals surface area contributed by atoms with E-state index in [0.29, 0.717) is 23.9 Å². The fraction of sp³-hybridized carbons (Fsp3) is 0.807. The number of amides is 1. The van der Waals surface area contributed by atoms with Gasteiger partial charge in [0.05, 0.1) is 33.8 Å². The van der Waals surface area contributed by atoms with Crippen LogP contribution in [0.1, 0.15) is 380 Å². The Hall–Kier alpha value is -2.81. The van der Waals surface area contributed by atoms with Crippen molar-refractivity contribution < 1.29 is 37.3 Å². The molecule has 0 saturated heterocycles. The highest BCUT2D eigenvalue weighted by molar-refractivity contribution is 7.47. The van der Waals surface area contributed by atoms with Crippen molar-refractivity contribution in [2.75, 3.05) is 40.9 Å². The Morgan fingerprint density at radius 3 is 1.03 bits per heavy atom. The summed E-state index contributed by atoms with van der Waals surface area (Å²) < 4.78 is 30.9. The number of allylic oxidation sites excluding steroid dienone is 13. The van der Waals surface area contributed by atoms with Crippen LogP contribution in [0.3, 0.4) is 0 Å². The molecule has 10 heteroatoms. The normalized spacial score (nSPS) is 13.8. The maximum Gasteiger partial charge on any atom is 0.472 e. The molecule has 0 aromatic carbocycles. The largest absolute Gasteiger partial charge is 0.472 e. The number of nitrogens with zero attached hydrogens (tertiary/aromatic N) is 1. The molecule has 1 amide bonds. The number of rotatable bonds is 73. The first-order chi connectivity index (χ1) is 45.4. The molecule has 0 rings (SSSR count). The van der Waals surface area contributed by atoms with Crippen molar-refractivity contribution in [2.24, 2.45) is 0 Å². The second-order valence-corrected chi connectivity index (χ2v) is 29.7. The predicted molar refractivity (Wildman–Crippen MR) is 406 cm³/mol. The van der Waals surface area contributed by atoms with Gasteiger partial charge in [0.15, 0.2) is 0 Å². The summed E-state index contributed by atoms with van der Waals surface area (Å²) in [6.07, 6.45) is 97.6. The Balaban J connectivity index is 4.97. The molecule has 0 heterocycles. The molecule has 0 spiro atoms. The molecule has 3 atom stereocenters. The van der Waals surface area contributed by atoms with Gasteiger partial charge in [-0.2, -0.15) is 0 Å². The highest BCUT2D eigenvalue weighted by atomic mass is 31.2. The van der Waals surface area contributed by atoms with Gasteiger partial charge in [-0.3, -0.25) is 18.6 Å². The molecule has 3 unspecified atom stereocenters. The number of ether oxygens (including phenoxy) is 1. The Morgan fingerprint density at radius 2 is 0.688 bits per heavy atom. The topological polar surface area (TPSA) is 111 Å². The van der Waals surface area contributed by atoms with Gasteiger partial charge in [-0.1, -0.05) is 369 Å². The highest BCUT2D eigenvalue weighted by Gasteiger charge is 2.30. The van der Waals surface area contributed by atoms with Gasteiger partial charge in [0.25, 0.3) is 0 Å².